The molecule has 3 heterocycles. The molecule has 3 aromatic rings. The van der Waals surface area contributed by atoms with E-state index in [9.17, 15) is 9.18 Å². The number of nitrogens with one attached hydrogen (secondary N) is 1. The van der Waals surface area contributed by atoms with Gasteiger partial charge in [0.2, 0.25) is 0 Å². The second-order valence-electron chi connectivity index (χ2n) is 7.97. The van der Waals surface area contributed by atoms with E-state index in [4.69, 9.17) is 5.10 Å². The summed E-state index contributed by atoms with van der Waals surface area (Å²) < 4.78 is 15.4. The van der Waals surface area contributed by atoms with Crippen LogP contribution in [0.5, 0.6) is 0 Å². The second-order valence-corrected chi connectivity index (χ2v) is 7.97. The molecule has 1 aliphatic heterocycles. The first-order valence-corrected chi connectivity index (χ1v) is 10.4. The minimum Gasteiger partial charge on any atom is -0.348 e. The molecule has 150 valence electrons. The number of rotatable bonds is 4. The Balaban J connectivity index is 1.45. The molecular weight excluding hydrogens is 369 g/mol. The zero-order valence-electron chi connectivity index (χ0n) is 16.2. The Morgan fingerprint density at radius 1 is 1.10 bits per heavy atom. The molecule has 0 radical (unpaired) electrons. The standard InChI is InChI=1S/C22H24FN5O/c23-16-6-3-5-15(13-16)18-9-4-12-27(18)21-11-10-20-24-14-19(28(20)26-21)22(29)25-17-7-1-2-8-17/h3,5-6,10-11,13-14,17-18H,1-2,4,7-9,12H2,(H,25,29)/t18-/m1/s1. The van der Waals surface area contributed by atoms with Gasteiger partial charge in [-0.2, -0.15) is 0 Å². The summed E-state index contributed by atoms with van der Waals surface area (Å²) in [5.41, 5.74) is 2.05. The Hall–Kier alpha value is -2.96. The molecule has 0 spiro atoms. The molecule has 2 aliphatic rings. The van der Waals surface area contributed by atoms with Crippen LogP contribution in [0.25, 0.3) is 5.65 Å². The largest absolute Gasteiger partial charge is 0.348 e. The first kappa shape index (κ1) is 18.1. The number of imidazole rings is 1. The Morgan fingerprint density at radius 3 is 2.79 bits per heavy atom. The molecule has 2 aromatic heterocycles. The van der Waals surface area contributed by atoms with Gasteiger partial charge < -0.3 is 10.2 Å². The SMILES string of the molecule is O=C(NC1CCCC1)c1cnc2ccc(N3CCC[C@@H]3c3cccc(F)c3)nn12. The lowest BCUT2D eigenvalue weighted by Gasteiger charge is -2.26. The number of anilines is 1. The molecule has 5 rings (SSSR count). The topological polar surface area (TPSA) is 62.5 Å². The highest BCUT2D eigenvalue weighted by molar-refractivity contribution is 5.93. The fourth-order valence-corrected chi connectivity index (χ4v) is 4.60. The van der Waals surface area contributed by atoms with Crippen molar-refractivity contribution >= 4 is 17.4 Å². The van der Waals surface area contributed by atoms with Gasteiger partial charge in [0.1, 0.15) is 11.6 Å². The minimum absolute atomic E-state index is 0.0786. The number of nitrogens with zero attached hydrogens (tertiary/aromatic N) is 4. The first-order valence-electron chi connectivity index (χ1n) is 10.4. The zero-order chi connectivity index (χ0) is 19.8. The molecule has 1 amide bonds. The summed E-state index contributed by atoms with van der Waals surface area (Å²) in [7, 11) is 0. The van der Waals surface area contributed by atoms with E-state index in [1.807, 2.05) is 18.2 Å². The third kappa shape index (κ3) is 3.45. The van der Waals surface area contributed by atoms with Gasteiger partial charge in [-0.3, -0.25) is 4.79 Å². The van der Waals surface area contributed by atoms with Gasteiger partial charge in [0.05, 0.1) is 12.2 Å². The van der Waals surface area contributed by atoms with Gasteiger partial charge in [0, 0.05) is 12.6 Å². The smallest absolute Gasteiger partial charge is 0.271 e. The maximum atomic E-state index is 13.7. The number of hydrogen-bond acceptors (Lipinski definition) is 4. The van der Waals surface area contributed by atoms with E-state index >= 15 is 0 Å². The van der Waals surface area contributed by atoms with E-state index in [-0.39, 0.29) is 23.8 Å². The number of carbonyl (C=O) groups excluding carboxylic acids is 1. The van der Waals surface area contributed by atoms with Gasteiger partial charge in [0.15, 0.2) is 11.3 Å². The van der Waals surface area contributed by atoms with Crippen molar-refractivity contribution in [1.29, 1.82) is 0 Å². The first-order chi connectivity index (χ1) is 14.2. The predicted octanol–water partition coefficient (Wildman–Crippen LogP) is 3.88. The molecule has 2 fully saturated rings. The summed E-state index contributed by atoms with van der Waals surface area (Å²) in [6, 6.07) is 10.9. The Bertz CT molecular complexity index is 1040. The van der Waals surface area contributed by atoms with Crippen LogP contribution in [0, 0.1) is 5.82 Å². The Morgan fingerprint density at radius 2 is 1.97 bits per heavy atom. The molecule has 1 aliphatic carbocycles. The Labute approximate surface area is 168 Å². The van der Waals surface area contributed by atoms with E-state index < -0.39 is 0 Å². The van der Waals surface area contributed by atoms with Crippen molar-refractivity contribution in [3.63, 3.8) is 0 Å². The van der Waals surface area contributed by atoms with Gasteiger partial charge in [-0.1, -0.05) is 25.0 Å². The van der Waals surface area contributed by atoms with Gasteiger partial charge in [-0.25, -0.2) is 13.9 Å². The van der Waals surface area contributed by atoms with Crippen LogP contribution in [-0.2, 0) is 0 Å². The van der Waals surface area contributed by atoms with Crippen molar-refractivity contribution in [2.75, 3.05) is 11.4 Å². The van der Waals surface area contributed by atoms with E-state index in [1.165, 1.54) is 6.07 Å². The molecule has 7 heteroatoms. The summed E-state index contributed by atoms with van der Waals surface area (Å²) in [6.07, 6.45) is 7.94. The fraction of sp³-hybridized carbons (Fsp3) is 0.409. The van der Waals surface area contributed by atoms with Crippen molar-refractivity contribution in [2.24, 2.45) is 0 Å². The highest BCUT2D eigenvalue weighted by Crippen LogP contribution is 2.35. The number of halogens is 1. The monoisotopic (exact) mass is 393 g/mol. The van der Waals surface area contributed by atoms with E-state index in [1.54, 1.807) is 22.8 Å². The lowest BCUT2D eigenvalue weighted by Crippen LogP contribution is -2.33. The van der Waals surface area contributed by atoms with Crippen LogP contribution in [0.3, 0.4) is 0 Å². The Kier molecular flexibility index (Phi) is 4.66. The van der Waals surface area contributed by atoms with E-state index in [2.05, 4.69) is 15.2 Å². The van der Waals surface area contributed by atoms with E-state index in [0.717, 1.165) is 56.5 Å². The summed E-state index contributed by atoms with van der Waals surface area (Å²) in [4.78, 5) is 19.3. The molecule has 1 aromatic carbocycles. The average Bonchev–Trinajstić information content (AvgIpc) is 3.47. The van der Waals surface area contributed by atoms with Gasteiger partial charge >= 0.3 is 0 Å². The maximum absolute atomic E-state index is 13.7. The summed E-state index contributed by atoms with van der Waals surface area (Å²) in [5, 5.41) is 7.84. The van der Waals surface area contributed by atoms with Crippen LogP contribution in [0.2, 0.25) is 0 Å². The van der Waals surface area contributed by atoms with Crippen molar-refractivity contribution in [3.8, 4) is 0 Å². The van der Waals surface area contributed by atoms with Crippen molar-refractivity contribution in [2.45, 2.75) is 50.6 Å². The van der Waals surface area contributed by atoms with Gasteiger partial charge in [-0.15, -0.1) is 5.10 Å². The van der Waals surface area contributed by atoms with Crippen LogP contribution >= 0.6 is 0 Å². The van der Waals surface area contributed by atoms with Crippen molar-refractivity contribution in [3.05, 3.63) is 59.7 Å². The fourth-order valence-electron chi connectivity index (χ4n) is 4.60. The van der Waals surface area contributed by atoms with Crippen LogP contribution in [0.4, 0.5) is 10.2 Å². The molecule has 1 N–H and O–H groups in total. The number of carbonyl (C=O) groups is 1. The highest BCUT2D eigenvalue weighted by atomic mass is 19.1. The molecular formula is C22H24FN5O. The molecule has 0 bridgehead atoms. The average molecular weight is 393 g/mol. The molecule has 1 saturated heterocycles. The van der Waals surface area contributed by atoms with Gasteiger partial charge in [-0.05, 0) is 55.5 Å². The summed E-state index contributed by atoms with van der Waals surface area (Å²) in [6.45, 7) is 0.845. The second kappa shape index (κ2) is 7.46. The number of hydrogen-bond donors (Lipinski definition) is 1. The van der Waals surface area contributed by atoms with Crippen molar-refractivity contribution in [1.82, 2.24) is 19.9 Å². The van der Waals surface area contributed by atoms with Crippen LogP contribution in [-0.4, -0.2) is 33.1 Å². The summed E-state index contributed by atoms with van der Waals surface area (Å²) >= 11 is 0. The van der Waals surface area contributed by atoms with Crippen LogP contribution in [0.15, 0.2) is 42.6 Å². The lowest BCUT2D eigenvalue weighted by atomic mass is 10.0. The third-order valence-electron chi connectivity index (χ3n) is 6.05. The zero-order valence-corrected chi connectivity index (χ0v) is 16.2. The molecule has 0 unspecified atom stereocenters. The number of amides is 1. The van der Waals surface area contributed by atoms with Crippen molar-refractivity contribution < 1.29 is 9.18 Å². The molecule has 1 saturated carbocycles. The summed E-state index contributed by atoms with van der Waals surface area (Å²) in [5.74, 6) is 0.424. The number of benzene rings is 1. The molecule has 6 nitrogen and oxygen atoms in total. The van der Waals surface area contributed by atoms with Crippen LogP contribution < -0.4 is 10.2 Å². The quantitative estimate of drug-likeness (QED) is 0.731. The van der Waals surface area contributed by atoms with Gasteiger partial charge in [0.25, 0.3) is 5.91 Å². The lowest BCUT2D eigenvalue weighted by molar-refractivity contribution is 0.0931. The van der Waals surface area contributed by atoms with Crippen LogP contribution in [0.1, 0.15) is 60.6 Å². The minimum atomic E-state index is -0.224. The third-order valence-corrected chi connectivity index (χ3v) is 6.05. The number of aromatic nitrogens is 3. The van der Waals surface area contributed by atoms with E-state index in [0.29, 0.717) is 11.3 Å². The highest BCUT2D eigenvalue weighted by Gasteiger charge is 2.28. The molecule has 29 heavy (non-hydrogen) atoms. The predicted molar refractivity (Wildman–Crippen MR) is 108 cm³/mol. The normalized spacial score (nSPS) is 19.9. The molecule has 1 atom stereocenters. The number of fused-ring (bicyclic) bond motifs is 1. The maximum Gasteiger partial charge on any atom is 0.271 e.